The molecule has 3 nitrogen and oxygen atoms in total. The summed E-state index contributed by atoms with van der Waals surface area (Å²) in [6.45, 7) is 0.410. The smallest absolute Gasteiger partial charge is 0.223 e. The molecular weight excluding hydrogens is 349 g/mol. The van der Waals surface area contributed by atoms with Crippen molar-refractivity contribution < 1.29 is 13.9 Å². The highest BCUT2D eigenvalue weighted by molar-refractivity contribution is 7.99. The lowest BCUT2D eigenvalue weighted by atomic mass is 10.2. The van der Waals surface area contributed by atoms with Crippen LogP contribution < -0.4 is 4.74 Å². The lowest BCUT2D eigenvalue weighted by molar-refractivity contribution is -0.129. The first-order valence-electron chi connectivity index (χ1n) is 7.45. The molecule has 0 heterocycles. The molecule has 0 saturated carbocycles. The normalized spacial score (nSPS) is 10.5. The van der Waals surface area contributed by atoms with Crippen molar-refractivity contribution in [3.05, 3.63) is 58.9 Å². The third-order valence-corrected chi connectivity index (χ3v) is 4.77. The molecule has 2 aromatic carbocycles. The molecular formula is C18H19ClFNO2S. The number of halogens is 2. The molecule has 0 bridgehead atoms. The number of amides is 1. The van der Waals surface area contributed by atoms with E-state index in [2.05, 4.69) is 0 Å². The number of thioether (sulfide) groups is 1. The number of rotatable bonds is 7. The molecule has 0 aliphatic rings. The highest BCUT2D eigenvalue weighted by atomic mass is 35.5. The van der Waals surface area contributed by atoms with Crippen LogP contribution in [-0.4, -0.2) is 30.7 Å². The molecule has 0 aliphatic carbocycles. The summed E-state index contributed by atoms with van der Waals surface area (Å²) in [6, 6.07) is 11.9. The molecule has 128 valence electrons. The average molecular weight is 368 g/mol. The van der Waals surface area contributed by atoms with E-state index >= 15 is 0 Å². The van der Waals surface area contributed by atoms with Gasteiger partial charge in [-0.1, -0.05) is 23.7 Å². The summed E-state index contributed by atoms with van der Waals surface area (Å²) in [6.07, 6.45) is 0.332. The van der Waals surface area contributed by atoms with Crippen LogP contribution in [0.15, 0.2) is 47.4 Å². The first kappa shape index (κ1) is 18.6. The van der Waals surface area contributed by atoms with Crippen molar-refractivity contribution >= 4 is 29.3 Å². The fourth-order valence-corrected chi connectivity index (χ4v) is 3.29. The van der Waals surface area contributed by atoms with Crippen molar-refractivity contribution in [2.75, 3.05) is 19.9 Å². The van der Waals surface area contributed by atoms with Crippen LogP contribution in [0.3, 0.4) is 0 Å². The molecule has 0 atom stereocenters. The van der Waals surface area contributed by atoms with Gasteiger partial charge in [-0.15, -0.1) is 11.8 Å². The van der Waals surface area contributed by atoms with E-state index in [1.165, 1.54) is 17.8 Å². The van der Waals surface area contributed by atoms with Crippen LogP contribution in [0.2, 0.25) is 5.02 Å². The Kier molecular flexibility index (Phi) is 6.94. The largest absolute Gasteiger partial charge is 0.496 e. The standard InChI is InChI=1S/C18H19ClFNO2S/c1-21(12-13-11-14(19)7-8-16(13)23-2)18(22)9-10-24-17-6-4-3-5-15(17)20/h3-8,11H,9-10,12H2,1-2H3. The number of hydrogen-bond donors (Lipinski definition) is 0. The minimum Gasteiger partial charge on any atom is -0.496 e. The van der Waals surface area contributed by atoms with Gasteiger partial charge in [-0.2, -0.15) is 0 Å². The summed E-state index contributed by atoms with van der Waals surface area (Å²) in [4.78, 5) is 14.4. The van der Waals surface area contributed by atoms with Crippen LogP contribution in [0, 0.1) is 5.82 Å². The fourth-order valence-electron chi connectivity index (χ4n) is 2.22. The van der Waals surface area contributed by atoms with Crippen molar-refractivity contribution in [1.82, 2.24) is 4.90 Å². The number of carbonyl (C=O) groups is 1. The van der Waals surface area contributed by atoms with Crippen LogP contribution in [0.25, 0.3) is 0 Å². The van der Waals surface area contributed by atoms with Gasteiger partial charge in [0.05, 0.1) is 7.11 Å². The molecule has 6 heteroatoms. The Morgan fingerprint density at radius 2 is 2.04 bits per heavy atom. The third kappa shape index (κ3) is 5.14. The first-order valence-corrected chi connectivity index (χ1v) is 8.81. The van der Waals surface area contributed by atoms with Crippen LogP contribution in [0.5, 0.6) is 5.75 Å². The Morgan fingerprint density at radius 3 is 2.75 bits per heavy atom. The van der Waals surface area contributed by atoms with Crippen LogP contribution in [0.1, 0.15) is 12.0 Å². The van der Waals surface area contributed by atoms with E-state index in [0.717, 1.165) is 5.56 Å². The van der Waals surface area contributed by atoms with Gasteiger partial charge in [-0.3, -0.25) is 4.79 Å². The first-order chi connectivity index (χ1) is 11.5. The van der Waals surface area contributed by atoms with Gasteiger partial charge < -0.3 is 9.64 Å². The SMILES string of the molecule is COc1ccc(Cl)cc1CN(C)C(=O)CCSc1ccccc1F. The van der Waals surface area contributed by atoms with Crippen molar-refractivity contribution in [3.8, 4) is 5.75 Å². The summed E-state index contributed by atoms with van der Waals surface area (Å²) in [5, 5.41) is 0.599. The number of hydrogen-bond acceptors (Lipinski definition) is 3. The van der Waals surface area contributed by atoms with Gasteiger partial charge in [-0.25, -0.2) is 4.39 Å². The number of benzene rings is 2. The Hall–Kier alpha value is -1.72. The summed E-state index contributed by atoms with van der Waals surface area (Å²) in [5.74, 6) is 0.948. The van der Waals surface area contributed by atoms with Crippen molar-refractivity contribution in [2.45, 2.75) is 17.9 Å². The van der Waals surface area contributed by atoms with Gasteiger partial charge in [0, 0.05) is 41.2 Å². The Labute approximate surface area is 150 Å². The monoisotopic (exact) mass is 367 g/mol. The lowest BCUT2D eigenvalue weighted by Gasteiger charge is -2.19. The average Bonchev–Trinajstić information content (AvgIpc) is 2.56. The van der Waals surface area contributed by atoms with E-state index in [9.17, 15) is 9.18 Å². The van der Waals surface area contributed by atoms with E-state index in [1.54, 1.807) is 55.5 Å². The maximum Gasteiger partial charge on any atom is 0.223 e. The molecule has 0 unspecified atom stereocenters. The Bertz CT molecular complexity index is 711. The van der Waals surface area contributed by atoms with E-state index < -0.39 is 0 Å². The Balaban J connectivity index is 1.88. The number of carbonyl (C=O) groups excluding carboxylic acids is 1. The summed E-state index contributed by atoms with van der Waals surface area (Å²) < 4.78 is 18.8. The van der Waals surface area contributed by atoms with Gasteiger partial charge in [-0.05, 0) is 30.3 Å². The minimum atomic E-state index is -0.257. The number of ether oxygens (including phenoxy) is 1. The fraction of sp³-hybridized carbons (Fsp3) is 0.278. The zero-order valence-electron chi connectivity index (χ0n) is 13.6. The summed E-state index contributed by atoms with van der Waals surface area (Å²) in [7, 11) is 3.32. The summed E-state index contributed by atoms with van der Waals surface area (Å²) in [5.41, 5.74) is 0.850. The molecule has 1 amide bonds. The molecule has 0 spiro atoms. The molecule has 24 heavy (non-hydrogen) atoms. The van der Waals surface area contributed by atoms with Gasteiger partial charge in [0.15, 0.2) is 0 Å². The third-order valence-electron chi connectivity index (χ3n) is 3.49. The van der Waals surface area contributed by atoms with E-state index in [-0.39, 0.29) is 11.7 Å². The van der Waals surface area contributed by atoms with Crippen LogP contribution in [-0.2, 0) is 11.3 Å². The lowest BCUT2D eigenvalue weighted by Crippen LogP contribution is -2.26. The second-order valence-electron chi connectivity index (χ2n) is 5.23. The van der Waals surface area contributed by atoms with Crippen LogP contribution in [0.4, 0.5) is 4.39 Å². The van der Waals surface area contributed by atoms with E-state index in [0.29, 0.717) is 34.4 Å². The van der Waals surface area contributed by atoms with Crippen molar-refractivity contribution in [3.63, 3.8) is 0 Å². The molecule has 0 saturated heterocycles. The predicted molar refractivity (Wildman–Crippen MR) is 96.2 cm³/mol. The molecule has 2 rings (SSSR count). The van der Waals surface area contributed by atoms with Gasteiger partial charge in [0.2, 0.25) is 5.91 Å². The van der Waals surface area contributed by atoms with Crippen LogP contribution >= 0.6 is 23.4 Å². The van der Waals surface area contributed by atoms with E-state index in [4.69, 9.17) is 16.3 Å². The minimum absolute atomic E-state index is 0.0131. The number of nitrogens with zero attached hydrogens (tertiary/aromatic N) is 1. The predicted octanol–water partition coefficient (Wildman–Crippen LogP) is 4.63. The molecule has 0 N–H and O–H groups in total. The number of methoxy groups -OCH3 is 1. The molecule has 0 aliphatic heterocycles. The van der Waals surface area contributed by atoms with Crippen molar-refractivity contribution in [1.29, 1.82) is 0 Å². The highest BCUT2D eigenvalue weighted by Crippen LogP contribution is 2.25. The molecule has 0 aromatic heterocycles. The second kappa shape index (κ2) is 8.94. The quantitative estimate of drug-likeness (QED) is 0.668. The van der Waals surface area contributed by atoms with Gasteiger partial charge >= 0.3 is 0 Å². The van der Waals surface area contributed by atoms with Gasteiger partial charge in [0.25, 0.3) is 0 Å². The molecule has 2 aromatic rings. The zero-order valence-corrected chi connectivity index (χ0v) is 15.2. The topological polar surface area (TPSA) is 29.5 Å². The molecule has 0 radical (unpaired) electrons. The zero-order chi connectivity index (χ0) is 17.5. The van der Waals surface area contributed by atoms with Crippen molar-refractivity contribution in [2.24, 2.45) is 0 Å². The second-order valence-corrected chi connectivity index (χ2v) is 6.81. The maximum atomic E-state index is 13.5. The van der Waals surface area contributed by atoms with E-state index in [1.807, 2.05) is 0 Å². The highest BCUT2D eigenvalue weighted by Gasteiger charge is 2.13. The maximum absolute atomic E-state index is 13.5. The summed E-state index contributed by atoms with van der Waals surface area (Å²) >= 11 is 7.35. The Morgan fingerprint density at radius 1 is 1.29 bits per heavy atom. The van der Waals surface area contributed by atoms with Gasteiger partial charge in [0.1, 0.15) is 11.6 Å². The molecule has 0 fully saturated rings.